The lowest BCUT2D eigenvalue weighted by molar-refractivity contribution is -0.166. The van der Waals surface area contributed by atoms with E-state index in [1.165, 1.54) is 70.6 Å². The molecule has 436 valence electrons. The van der Waals surface area contributed by atoms with E-state index in [-0.39, 0.29) is 44.0 Å². The van der Waals surface area contributed by atoms with Crippen LogP contribution in [0.5, 0.6) is 0 Å². The molecular formula is C72H112O6. The molecule has 0 bridgehead atoms. The highest BCUT2D eigenvalue weighted by Crippen LogP contribution is 2.15. The summed E-state index contributed by atoms with van der Waals surface area (Å²) in [5, 5.41) is 0. The second-order valence-corrected chi connectivity index (χ2v) is 19.9. The lowest BCUT2D eigenvalue weighted by atomic mass is 10.0. The molecule has 0 rings (SSSR count). The minimum absolute atomic E-state index is 0.128. The molecule has 0 amide bonds. The zero-order valence-corrected chi connectivity index (χ0v) is 49.9. The van der Waals surface area contributed by atoms with E-state index < -0.39 is 6.10 Å². The summed E-state index contributed by atoms with van der Waals surface area (Å²) in [4.78, 5) is 38.1. The maximum atomic E-state index is 12.8. The van der Waals surface area contributed by atoms with E-state index in [0.29, 0.717) is 19.3 Å². The van der Waals surface area contributed by atoms with Crippen LogP contribution in [-0.4, -0.2) is 37.2 Å². The number of allylic oxidation sites excluding steroid dienone is 28. The molecule has 0 aliphatic heterocycles. The summed E-state index contributed by atoms with van der Waals surface area (Å²) in [6.07, 6.45) is 95.2. The van der Waals surface area contributed by atoms with Gasteiger partial charge in [-0.15, -0.1) is 0 Å². The number of hydrogen-bond donors (Lipinski definition) is 0. The highest BCUT2D eigenvalue weighted by molar-refractivity contribution is 5.71. The summed E-state index contributed by atoms with van der Waals surface area (Å²) >= 11 is 0. The van der Waals surface area contributed by atoms with Crippen molar-refractivity contribution in [3.63, 3.8) is 0 Å². The Morgan fingerprint density at radius 3 is 0.859 bits per heavy atom. The molecule has 0 aliphatic rings. The summed E-state index contributed by atoms with van der Waals surface area (Å²) in [5.41, 5.74) is 0. The van der Waals surface area contributed by atoms with Gasteiger partial charge in [-0.2, -0.15) is 0 Å². The van der Waals surface area contributed by atoms with Gasteiger partial charge in [-0.1, -0.05) is 274 Å². The molecule has 1 unspecified atom stereocenters. The van der Waals surface area contributed by atoms with Crippen LogP contribution in [0.1, 0.15) is 245 Å². The van der Waals surface area contributed by atoms with Gasteiger partial charge >= 0.3 is 17.9 Å². The van der Waals surface area contributed by atoms with Crippen molar-refractivity contribution in [3.05, 3.63) is 170 Å². The van der Waals surface area contributed by atoms with Crippen molar-refractivity contribution >= 4 is 17.9 Å². The molecule has 0 spiro atoms. The number of carbonyl (C=O) groups is 3. The van der Waals surface area contributed by atoms with Gasteiger partial charge in [0.05, 0.1) is 0 Å². The van der Waals surface area contributed by atoms with Crippen LogP contribution in [0.25, 0.3) is 0 Å². The summed E-state index contributed by atoms with van der Waals surface area (Å²) in [7, 11) is 0. The van der Waals surface area contributed by atoms with E-state index in [1.54, 1.807) is 0 Å². The molecule has 1 atom stereocenters. The Morgan fingerprint density at radius 1 is 0.269 bits per heavy atom. The van der Waals surface area contributed by atoms with Crippen LogP contribution in [0.2, 0.25) is 0 Å². The highest BCUT2D eigenvalue weighted by atomic mass is 16.6. The van der Waals surface area contributed by atoms with Crippen molar-refractivity contribution in [3.8, 4) is 0 Å². The van der Waals surface area contributed by atoms with E-state index >= 15 is 0 Å². The summed E-state index contributed by atoms with van der Waals surface area (Å²) in [6.45, 7) is 6.30. The first kappa shape index (κ1) is 72.8. The lowest BCUT2D eigenvalue weighted by Crippen LogP contribution is -2.30. The van der Waals surface area contributed by atoms with Gasteiger partial charge in [0.25, 0.3) is 0 Å². The molecule has 6 heteroatoms. The topological polar surface area (TPSA) is 78.9 Å². The molecular weight excluding hydrogens is 961 g/mol. The molecule has 0 aromatic heterocycles. The molecule has 0 radical (unpaired) electrons. The van der Waals surface area contributed by atoms with Crippen LogP contribution in [-0.2, 0) is 28.6 Å². The zero-order valence-electron chi connectivity index (χ0n) is 49.9. The summed E-state index contributed by atoms with van der Waals surface area (Å²) < 4.78 is 16.8. The Hall–Kier alpha value is -5.23. The third kappa shape index (κ3) is 61.6. The molecule has 0 saturated heterocycles. The average Bonchev–Trinajstić information content (AvgIpc) is 3.44. The highest BCUT2D eigenvalue weighted by Gasteiger charge is 2.19. The van der Waals surface area contributed by atoms with Crippen molar-refractivity contribution in [2.24, 2.45) is 0 Å². The third-order valence-electron chi connectivity index (χ3n) is 12.5. The normalized spacial score (nSPS) is 13.3. The Kier molecular flexibility index (Phi) is 60.0. The Balaban J connectivity index is 4.41. The smallest absolute Gasteiger partial charge is 0.306 e. The van der Waals surface area contributed by atoms with Crippen molar-refractivity contribution in [1.82, 2.24) is 0 Å². The van der Waals surface area contributed by atoms with Crippen LogP contribution in [0.4, 0.5) is 0 Å². The predicted octanol–water partition coefficient (Wildman–Crippen LogP) is 21.5. The van der Waals surface area contributed by atoms with Crippen molar-refractivity contribution in [1.29, 1.82) is 0 Å². The van der Waals surface area contributed by atoms with Crippen LogP contribution in [0, 0.1) is 0 Å². The lowest BCUT2D eigenvalue weighted by Gasteiger charge is -2.18. The quantitative estimate of drug-likeness (QED) is 0.0261. The fourth-order valence-corrected chi connectivity index (χ4v) is 7.89. The second kappa shape index (κ2) is 64.3. The van der Waals surface area contributed by atoms with E-state index in [1.807, 2.05) is 12.2 Å². The number of hydrogen-bond acceptors (Lipinski definition) is 6. The first-order chi connectivity index (χ1) is 38.5. The van der Waals surface area contributed by atoms with Gasteiger partial charge in [-0.3, -0.25) is 14.4 Å². The molecule has 0 N–H and O–H groups in total. The fourth-order valence-electron chi connectivity index (χ4n) is 7.89. The maximum Gasteiger partial charge on any atom is 0.306 e. The number of carbonyl (C=O) groups excluding carboxylic acids is 3. The van der Waals surface area contributed by atoms with Crippen molar-refractivity contribution < 1.29 is 28.6 Å². The Morgan fingerprint density at radius 2 is 0.526 bits per heavy atom. The Bertz CT molecular complexity index is 1810. The number of esters is 3. The molecule has 0 aromatic carbocycles. The van der Waals surface area contributed by atoms with Crippen molar-refractivity contribution in [2.45, 2.75) is 252 Å². The average molecular weight is 1070 g/mol. The first-order valence-corrected chi connectivity index (χ1v) is 31.1. The van der Waals surface area contributed by atoms with E-state index in [4.69, 9.17) is 14.2 Å². The minimum Gasteiger partial charge on any atom is -0.462 e. The van der Waals surface area contributed by atoms with Gasteiger partial charge in [0.15, 0.2) is 6.10 Å². The van der Waals surface area contributed by atoms with Crippen LogP contribution >= 0.6 is 0 Å². The van der Waals surface area contributed by atoms with Gasteiger partial charge in [-0.05, 0) is 122 Å². The molecule has 0 saturated carbocycles. The minimum atomic E-state index is -0.831. The SMILES string of the molecule is CC/C=C\C/C=C\C/C=C\C/C=C\C/C=C\C/C=C\C/C=C\C/C=C\C/C=C\C/C=C\CCCCC(=O)OCC(COC(=O)CC/C=C\C/C=C\C/C=C\C/C=C\CC)OC(=O)CCCCCCCCCCCCCCCC. The van der Waals surface area contributed by atoms with Gasteiger partial charge in [0, 0.05) is 19.3 Å². The Labute approximate surface area is 479 Å². The number of unbranched alkanes of at least 4 members (excludes halogenated alkanes) is 15. The van der Waals surface area contributed by atoms with Crippen LogP contribution in [0.3, 0.4) is 0 Å². The third-order valence-corrected chi connectivity index (χ3v) is 12.5. The monoisotopic (exact) mass is 1070 g/mol. The van der Waals surface area contributed by atoms with Gasteiger partial charge in [-0.25, -0.2) is 0 Å². The first-order valence-electron chi connectivity index (χ1n) is 31.1. The largest absolute Gasteiger partial charge is 0.462 e. The predicted molar refractivity (Wildman–Crippen MR) is 338 cm³/mol. The maximum absolute atomic E-state index is 12.8. The molecule has 0 fully saturated rings. The van der Waals surface area contributed by atoms with Crippen LogP contribution < -0.4 is 0 Å². The summed E-state index contributed by atoms with van der Waals surface area (Å²) in [6, 6.07) is 0. The molecule has 0 heterocycles. The standard InChI is InChI=1S/C72H112O6/c1-4-7-10-13-16-19-22-25-27-28-29-30-31-32-33-34-35-36-37-38-39-40-41-42-43-44-45-48-50-53-56-59-62-65-71(74)77-68-69(67-76-70(73)64-61-58-55-52-49-46-24-21-18-15-12-9-6-3)78-72(75)66-63-60-57-54-51-47-26-23-20-17-14-11-8-5-2/h7,9-10,12,16,18-19,21,25,27,29-30,32-33,35-36,38-39,41-42,44-46,49-50,53,55,58,69H,4-6,8,11,13-15,17,20,22-24,26,28,31,34,37,40,43,47-48,51-52,54,56-57,59-68H2,1-3H3/b10-7-,12-9-,19-16-,21-18-,27-25-,30-29-,33-32-,36-35-,39-38-,42-41-,45-44-,49-46-,53-50-,58-55-. The van der Waals surface area contributed by atoms with E-state index in [0.717, 1.165) is 122 Å². The number of rotatable bonds is 54. The fraction of sp³-hybridized carbons (Fsp3) is 0.569. The molecule has 6 nitrogen and oxygen atoms in total. The van der Waals surface area contributed by atoms with Crippen molar-refractivity contribution in [2.75, 3.05) is 13.2 Å². The molecule has 0 aromatic rings. The number of ether oxygens (including phenoxy) is 3. The van der Waals surface area contributed by atoms with E-state index in [9.17, 15) is 14.4 Å². The molecule has 0 aliphatic carbocycles. The van der Waals surface area contributed by atoms with Gasteiger partial charge < -0.3 is 14.2 Å². The summed E-state index contributed by atoms with van der Waals surface area (Å²) in [5.74, 6) is -1.06. The van der Waals surface area contributed by atoms with Gasteiger partial charge in [0.1, 0.15) is 13.2 Å². The molecule has 78 heavy (non-hydrogen) atoms. The van der Waals surface area contributed by atoms with Crippen LogP contribution in [0.15, 0.2) is 170 Å². The van der Waals surface area contributed by atoms with Gasteiger partial charge in [0.2, 0.25) is 0 Å². The zero-order chi connectivity index (χ0) is 56.4. The second-order valence-electron chi connectivity index (χ2n) is 19.9. The van der Waals surface area contributed by atoms with E-state index in [2.05, 4.69) is 179 Å².